The fraction of sp³-hybridized carbons (Fsp3) is 0.162. The van der Waals surface area contributed by atoms with E-state index in [2.05, 4.69) is 114 Å². The average Bonchev–Trinajstić information content (AvgIpc) is 3.57. The smallest absolute Gasteiger partial charge is 0.148 e. The van der Waals surface area contributed by atoms with Crippen LogP contribution < -0.4 is 0 Å². The zero-order valence-electron chi connectivity index (χ0n) is 25.9. The van der Waals surface area contributed by atoms with Gasteiger partial charge in [0.15, 0.2) is 0 Å². The minimum absolute atomic E-state index is 0. The van der Waals surface area contributed by atoms with Crippen molar-refractivity contribution in [1.82, 2.24) is 19.1 Å². The zero-order valence-corrected chi connectivity index (χ0v) is 32.2. The van der Waals surface area contributed by atoms with Crippen LogP contribution >= 0.6 is 15.9 Å². The van der Waals surface area contributed by atoms with Gasteiger partial charge < -0.3 is 9.13 Å². The van der Waals surface area contributed by atoms with Gasteiger partial charge >= 0.3 is 0 Å². The van der Waals surface area contributed by atoms with Gasteiger partial charge in [-0.25, -0.2) is 0 Å². The van der Waals surface area contributed by atoms with Crippen molar-refractivity contribution in [2.45, 2.75) is 41.5 Å². The van der Waals surface area contributed by atoms with Crippen molar-refractivity contribution in [1.29, 1.82) is 5.26 Å². The third kappa shape index (κ3) is 8.05. The molecule has 0 fully saturated rings. The molecule has 232 valence electrons. The molecule has 2 aromatic heterocycles. The summed E-state index contributed by atoms with van der Waals surface area (Å²) in [5, 5.41) is 9.22. The van der Waals surface area contributed by atoms with E-state index < -0.39 is 0 Å². The van der Waals surface area contributed by atoms with Gasteiger partial charge in [-0.2, -0.15) is 5.26 Å². The number of halogens is 1. The number of nitrogens with zero attached hydrogens (tertiary/aromatic N) is 5. The Labute approximate surface area is 301 Å². The first-order valence-electron chi connectivity index (χ1n) is 14.0. The van der Waals surface area contributed by atoms with Crippen molar-refractivity contribution in [3.8, 4) is 40.2 Å². The van der Waals surface area contributed by atoms with Crippen LogP contribution in [0.25, 0.3) is 34.2 Å². The SMILES string of the molecule is Cc1cc(C)c(-n2cc(Br)nc2-c2[c-]cccc2)c(C)c1.Cc1cc(C)c(-n2cc(C#N)nc2-c2[c-]cccc2)c(C)c1.[Ir].[Ir]. The maximum absolute atomic E-state index is 9.22. The van der Waals surface area contributed by atoms with E-state index in [1.54, 1.807) is 6.20 Å². The zero-order chi connectivity index (χ0) is 30.7. The first kappa shape index (κ1) is 36.0. The Morgan fingerprint density at radius 3 is 1.47 bits per heavy atom. The summed E-state index contributed by atoms with van der Waals surface area (Å²) in [6.07, 6.45) is 3.81. The van der Waals surface area contributed by atoms with Gasteiger partial charge in [0.25, 0.3) is 0 Å². The predicted molar refractivity (Wildman–Crippen MR) is 177 cm³/mol. The number of rotatable bonds is 4. The van der Waals surface area contributed by atoms with Gasteiger partial charge in [-0.15, -0.1) is 71.8 Å². The second-order valence-electron chi connectivity index (χ2n) is 10.7. The molecule has 0 saturated heterocycles. The standard InChI is InChI=1S/C19H16N3.C18H16BrN2.2Ir/c1-13-9-14(2)18(15(3)10-13)22-12-17(11-20)21-19(22)16-7-5-4-6-8-16;1-12-9-13(2)17(14(3)10-12)21-11-16(19)20-18(21)15-7-5-4-6-8-15;;/h4-7,9-10,12H,1-3H3;4-7,9-11H,1-3H3;;/q2*-1;;. The summed E-state index contributed by atoms with van der Waals surface area (Å²) in [6.45, 7) is 12.7. The molecule has 6 aromatic rings. The molecular weight excluding hydrogens is 979 g/mol. The monoisotopic (exact) mass is 1010 g/mol. The first-order valence-corrected chi connectivity index (χ1v) is 14.8. The van der Waals surface area contributed by atoms with Gasteiger partial charge in [-0.3, -0.25) is 9.97 Å². The van der Waals surface area contributed by atoms with Crippen molar-refractivity contribution in [3.05, 3.63) is 141 Å². The summed E-state index contributed by atoms with van der Waals surface area (Å²) >= 11 is 3.50. The van der Waals surface area contributed by atoms with Crippen LogP contribution in [0.15, 0.2) is 89.8 Å². The van der Waals surface area contributed by atoms with Crippen molar-refractivity contribution >= 4 is 15.9 Å². The van der Waals surface area contributed by atoms with Crippen molar-refractivity contribution in [2.24, 2.45) is 0 Å². The van der Waals surface area contributed by atoms with Gasteiger partial charge in [-0.1, -0.05) is 35.4 Å². The minimum atomic E-state index is 0. The molecule has 0 aliphatic carbocycles. The van der Waals surface area contributed by atoms with Crippen molar-refractivity contribution in [2.75, 3.05) is 0 Å². The van der Waals surface area contributed by atoms with Crippen LogP contribution in [0.1, 0.15) is 39.1 Å². The number of aromatic nitrogens is 4. The van der Waals surface area contributed by atoms with E-state index in [0.717, 1.165) is 44.2 Å². The van der Waals surface area contributed by atoms with Crippen LogP contribution in [0.3, 0.4) is 0 Å². The molecule has 0 unspecified atom stereocenters. The van der Waals surface area contributed by atoms with E-state index in [1.165, 1.54) is 27.9 Å². The number of hydrogen-bond donors (Lipinski definition) is 0. The molecule has 0 bridgehead atoms. The third-order valence-corrected chi connectivity index (χ3v) is 7.53. The Bertz CT molecular complexity index is 1910. The van der Waals surface area contributed by atoms with E-state index in [4.69, 9.17) is 0 Å². The van der Waals surface area contributed by atoms with E-state index in [0.29, 0.717) is 5.69 Å². The molecular formula is C37H32BrIr2N5-2. The Hall–Kier alpha value is -3.43. The quantitative estimate of drug-likeness (QED) is 0.166. The van der Waals surface area contributed by atoms with E-state index >= 15 is 0 Å². The van der Waals surface area contributed by atoms with E-state index in [9.17, 15) is 5.26 Å². The fourth-order valence-electron chi connectivity index (χ4n) is 5.68. The molecule has 0 atom stereocenters. The average molecular weight is 1010 g/mol. The van der Waals surface area contributed by atoms with Crippen molar-refractivity contribution in [3.63, 3.8) is 0 Å². The Balaban J connectivity index is 0.000000235. The summed E-state index contributed by atoms with van der Waals surface area (Å²) < 4.78 is 4.96. The Morgan fingerprint density at radius 2 is 1.07 bits per heavy atom. The van der Waals surface area contributed by atoms with Gasteiger partial charge in [0.2, 0.25) is 0 Å². The molecule has 2 heterocycles. The fourth-order valence-corrected chi connectivity index (χ4v) is 6.05. The van der Waals surface area contributed by atoms with Gasteiger partial charge in [0.1, 0.15) is 16.4 Å². The Morgan fingerprint density at radius 1 is 0.644 bits per heavy atom. The normalized spacial score (nSPS) is 10.2. The molecule has 6 rings (SSSR count). The largest absolute Gasteiger partial charge is 0.338 e. The molecule has 8 heteroatoms. The Kier molecular flexibility index (Phi) is 12.6. The van der Waals surface area contributed by atoms with Gasteiger partial charge in [0.05, 0.1) is 11.6 Å². The predicted octanol–water partition coefficient (Wildman–Crippen LogP) is 9.16. The second kappa shape index (κ2) is 15.7. The number of nitriles is 1. The minimum Gasteiger partial charge on any atom is -0.338 e. The number of aryl methyl sites for hydroxylation is 6. The molecule has 0 spiro atoms. The van der Waals surface area contributed by atoms with Crippen molar-refractivity contribution < 1.29 is 40.2 Å². The van der Waals surface area contributed by atoms with Crippen LogP contribution in [0.5, 0.6) is 0 Å². The topological polar surface area (TPSA) is 59.4 Å². The second-order valence-corrected chi connectivity index (χ2v) is 11.5. The van der Waals surface area contributed by atoms with Crippen LogP contribution in [-0.2, 0) is 40.2 Å². The van der Waals surface area contributed by atoms with E-state index in [1.807, 2.05) is 59.3 Å². The molecule has 45 heavy (non-hydrogen) atoms. The van der Waals surface area contributed by atoms with Crippen LogP contribution in [-0.4, -0.2) is 19.1 Å². The van der Waals surface area contributed by atoms with Crippen LogP contribution in [0.2, 0.25) is 0 Å². The van der Waals surface area contributed by atoms with Crippen LogP contribution in [0, 0.1) is 65.0 Å². The summed E-state index contributed by atoms with van der Waals surface area (Å²) in [4.78, 5) is 9.06. The molecule has 0 N–H and O–H groups in total. The number of imidazole rings is 2. The third-order valence-electron chi connectivity index (χ3n) is 7.15. The molecule has 0 aliphatic rings. The summed E-state index contributed by atoms with van der Waals surface area (Å²) in [5.41, 5.74) is 11.9. The summed E-state index contributed by atoms with van der Waals surface area (Å²) in [7, 11) is 0. The molecule has 5 nitrogen and oxygen atoms in total. The van der Waals surface area contributed by atoms with Gasteiger partial charge in [0, 0.05) is 64.0 Å². The number of hydrogen-bond acceptors (Lipinski definition) is 3. The summed E-state index contributed by atoms with van der Waals surface area (Å²) in [6, 6.07) is 32.9. The number of benzene rings is 4. The van der Waals surface area contributed by atoms with Gasteiger partial charge in [-0.05, 0) is 79.7 Å². The van der Waals surface area contributed by atoms with E-state index in [-0.39, 0.29) is 40.2 Å². The molecule has 4 aromatic carbocycles. The maximum atomic E-state index is 9.22. The van der Waals surface area contributed by atoms with Crippen LogP contribution in [0.4, 0.5) is 0 Å². The molecule has 0 aliphatic heterocycles. The molecule has 2 radical (unpaired) electrons. The first-order chi connectivity index (χ1) is 20.7. The summed E-state index contributed by atoms with van der Waals surface area (Å²) in [5.74, 6) is 1.64. The molecule has 0 amide bonds. The maximum Gasteiger partial charge on any atom is 0.148 e. The molecule has 0 saturated carbocycles.